The Morgan fingerprint density at radius 1 is 1.24 bits per heavy atom. The summed E-state index contributed by atoms with van der Waals surface area (Å²) in [7, 11) is 0. The lowest BCUT2D eigenvalue weighted by Crippen LogP contribution is -2.34. The molecule has 4 aromatic rings. The van der Waals surface area contributed by atoms with E-state index in [0.29, 0.717) is 17.1 Å². The van der Waals surface area contributed by atoms with Crippen molar-refractivity contribution in [3.63, 3.8) is 0 Å². The van der Waals surface area contributed by atoms with Crippen LogP contribution in [0.1, 0.15) is 46.3 Å². The molecule has 2 N–H and O–H groups in total. The van der Waals surface area contributed by atoms with Crippen molar-refractivity contribution in [2.45, 2.75) is 32.4 Å². The molecular weight excluding hydrogens is 426 g/mol. The minimum atomic E-state index is -0.691. The molecular formula is C25H22F2N4O2. The van der Waals surface area contributed by atoms with Gasteiger partial charge in [-0.1, -0.05) is 24.3 Å². The van der Waals surface area contributed by atoms with Gasteiger partial charge in [-0.2, -0.15) is 0 Å². The summed E-state index contributed by atoms with van der Waals surface area (Å²) in [6.45, 7) is 1.73. The zero-order valence-electron chi connectivity index (χ0n) is 17.9. The molecule has 1 atom stereocenters. The number of carbonyl (C=O) groups is 1. The topological polar surface area (TPSA) is 79.8 Å². The highest BCUT2D eigenvalue weighted by Gasteiger charge is 2.34. The number of aromatic nitrogens is 3. The van der Waals surface area contributed by atoms with Crippen LogP contribution in [0.4, 0.5) is 8.78 Å². The van der Waals surface area contributed by atoms with Gasteiger partial charge < -0.3 is 14.9 Å². The lowest BCUT2D eigenvalue weighted by atomic mass is 9.99. The Balaban J connectivity index is 1.62. The molecule has 6 nitrogen and oxygen atoms in total. The van der Waals surface area contributed by atoms with Crippen LogP contribution >= 0.6 is 0 Å². The fourth-order valence-corrected chi connectivity index (χ4v) is 4.39. The molecule has 2 aromatic heterocycles. The van der Waals surface area contributed by atoms with E-state index in [1.54, 1.807) is 37.5 Å². The quantitative estimate of drug-likeness (QED) is 0.463. The molecule has 1 amide bonds. The van der Waals surface area contributed by atoms with Gasteiger partial charge in [0.1, 0.15) is 17.5 Å². The number of amides is 1. The summed E-state index contributed by atoms with van der Waals surface area (Å²) in [4.78, 5) is 33.9. The van der Waals surface area contributed by atoms with Crippen molar-refractivity contribution < 1.29 is 13.6 Å². The van der Waals surface area contributed by atoms with Crippen molar-refractivity contribution in [3.8, 4) is 0 Å². The predicted molar refractivity (Wildman–Crippen MR) is 120 cm³/mol. The first kappa shape index (κ1) is 21.1. The maximum Gasteiger partial charge on any atom is 0.262 e. The summed E-state index contributed by atoms with van der Waals surface area (Å²) in [5, 5.41) is 3.13. The summed E-state index contributed by atoms with van der Waals surface area (Å²) in [6, 6.07) is 10.1. The predicted octanol–water partition coefficient (Wildman–Crippen LogP) is 4.24. The van der Waals surface area contributed by atoms with E-state index >= 15 is 0 Å². The van der Waals surface area contributed by atoms with Crippen LogP contribution in [0.25, 0.3) is 10.8 Å². The second-order valence-corrected chi connectivity index (χ2v) is 8.39. The Labute approximate surface area is 188 Å². The maximum atomic E-state index is 14.8. The number of nitrogens with one attached hydrogen (secondary N) is 2. The number of H-pyrrole nitrogens is 1. The van der Waals surface area contributed by atoms with Crippen LogP contribution in [0.3, 0.4) is 0 Å². The number of benzene rings is 2. The van der Waals surface area contributed by atoms with E-state index < -0.39 is 17.3 Å². The number of nitrogens with zero attached hydrogens (tertiary/aromatic N) is 2. The molecule has 1 saturated carbocycles. The molecule has 2 aromatic carbocycles. The standard InChI is InChI=1S/C25H22F2N4O2/c1-14-21(24(32)30-23(15-8-9-15)16-4-2-5-17(26)12-16)18-6-3-7-19(27)22(18)25(33)31(14)13-20-28-10-11-29-20/h2-7,10-12,15,23H,8-9,13H2,1H3,(H,28,29)(H,30,32)/t23-/m0/s1. The molecule has 33 heavy (non-hydrogen) atoms. The first-order valence-electron chi connectivity index (χ1n) is 10.8. The molecule has 8 heteroatoms. The van der Waals surface area contributed by atoms with E-state index in [9.17, 15) is 18.4 Å². The smallest absolute Gasteiger partial charge is 0.262 e. The van der Waals surface area contributed by atoms with Crippen molar-refractivity contribution in [2.75, 3.05) is 0 Å². The second kappa shape index (κ2) is 8.27. The first-order valence-corrected chi connectivity index (χ1v) is 10.8. The number of halogens is 2. The van der Waals surface area contributed by atoms with Gasteiger partial charge in [-0.25, -0.2) is 13.8 Å². The lowest BCUT2D eigenvalue weighted by molar-refractivity contribution is 0.0931. The van der Waals surface area contributed by atoms with E-state index in [0.717, 1.165) is 12.8 Å². The Morgan fingerprint density at radius 2 is 2.03 bits per heavy atom. The van der Waals surface area contributed by atoms with Gasteiger partial charge in [-0.3, -0.25) is 9.59 Å². The third-order valence-electron chi connectivity index (χ3n) is 6.19. The molecule has 0 aliphatic heterocycles. The van der Waals surface area contributed by atoms with Crippen molar-refractivity contribution in [1.82, 2.24) is 19.9 Å². The van der Waals surface area contributed by atoms with Gasteiger partial charge in [0.2, 0.25) is 0 Å². The van der Waals surface area contributed by atoms with Gasteiger partial charge in [0.15, 0.2) is 0 Å². The fraction of sp³-hybridized carbons (Fsp3) is 0.240. The van der Waals surface area contributed by atoms with Crippen LogP contribution in [0, 0.1) is 24.5 Å². The monoisotopic (exact) mass is 448 g/mol. The van der Waals surface area contributed by atoms with Crippen LogP contribution in [-0.4, -0.2) is 20.4 Å². The largest absolute Gasteiger partial charge is 0.347 e. The summed E-state index contributed by atoms with van der Waals surface area (Å²) in [6.07, 6.45) is 5.04. The number of imidazole rings is 1. The summed E-state index contributed by atoms with van der Waals surface area (Å²) >= 11 is 0. The highest BCUT2D eigenvalue weighted by atomic mass is 19.1. The molecule has 0 unspecified atom stereocenters. The normalized spacial score (nSPS) is 14.4. The number of hydrogen-bond donors (Lipinski definition) is 2. The van der Waals surface area contributed by atoms with E-state index in [1.165, 1.54) is 28.8 Å². The summed E-state index contributed by atoms with van der Waals surface area (Å²) in [5.74, 6) is -0.782. The molecule has 1 aliphatic carbocycles. The van der Waals surface area contributed by atoms with E-state index in [2.05, 4.69) is 15.3 Å². The molecule has 5 rings (SSSR count). The van der Waals surface area contributed by atoms with Gasteiger partial charge >= 0.3 is 0 Å². The van der Waals surface area contributed by atoms with E-state index in [4.69, 9.17) is 0 Å². The minimum Gasteiger partial charge on any atom is -0.347 e. The van der Waals surface area contributed by atoms with Crippen molar-refractivity contribution >= 4 is 16.7 Å². The van der Waals surface area contributed by atoms with Crippen molar-refractivity contribution in [3.05, 3.63) is 99.5 Å². The number of carbonyl (C=O) groups excluding carboxylic acids is 1. The molecule has 0 bridgehead atoms. The number of aromatic amines is 1. The number of hydrogen-bond acceptors (Lipinski definition) is 3. The van der Waals surface area contributed by atoms with Gasteiger partial charge in [-0.15, -0.1) is 0 Å². The van der Waals surface area contributed by atoms with Crippen LogP contribution in [0.2, 0.25) is 0 Å². The molecule has 1 aliphatic rings. The van der Waals surface area contributed by atoms with Gasteiger partial charge in [0, 0.05) is 23.5 Å². The lowest BCUT2D eigenvalue weighted by Gasteiger charge is -2.22. The molecule has 1 fully saturated rings. The molecule has 2 heterocycles. The third kappa shape index (κ3) is 3.92. The fourth-order valence-electron chi connectivity index (χ4n) is 4.39. The third-order valence-corrected chi connectivity index (χ3v) is 6.19. The average molecular weight is 448 g/mol. The Bertz CT molecular complexity index is 1410. The van der Waals surface area contributed by atoms with E-state index in [1.807, 2.05) is 0 Å². The Kier molecular flexibility index (Phi) is 5.28. The minimum absolute atomic E-state index is 0.0676. The van der Waals surface area contributed by atoms with Crippen molar-refractivity contribution in [2.24, 2.45) is 5.92 Å². The molecule has 0 spiro atoms. The van der Waals surface area contributed by atoms with E-state index in [-0.39, 0.29) is 40.7 Å². The average Bonchev–Trinajstić information content (AvgIpc) is 3.50. The molecule has 0 saturated heterocycles. The Morgan fingerprint density at radius 3 is 2.73 bits per heavy atom. The number of pyridine rings is 1. The maximum absolute atomic E-state index is 14.8. The van der Waals surface area contributed by atoms with Gasteiger partial charge in [-0.05, 0) is 49.4 Å². The summed E-state index contributed by atoms with van der Waals surface area (Å²) < 4.78 is 30.0. The zero-order chi connectivity index (χ0) is 23.1. The molecule has 0 radical (unpaired) electrons. The van der Waals surface area contributed by atoms with Gasteiger partial charge in [0.25, 0.3) is 11.5 Å². The van der Waals surface area contributed by atoms with Crippen LogP contribution in [-0.2, 0) is 6.54 Å². The second-order valence-electron chi connectivity index (χ2n) is 8.39. The summed E-state index contributed by atoms with van der Waals surface area (Å²) in [5.41, 5.74) is 0.777. The molecule has 168 valence electrons. The van der Waals surface area contributed by atoms with Crippen LogP contribution < -0.4 is 10.9 Å². The van der Waals surface area contributed by atoms with Crippen molar-refractivity contribution in [1.29, 1.82) is 0 Å². The highest BCUT2D eigenvalue weighted by molar-refractivity contribution is 6.08. The number of rotatable bonds is 6. The van der Waals surface area contributed by atoms with Gasteiger partial charge in [0.05, 0.1) is 23.5 Å². The number of fused-ring (bicyclic) bond motifs is 1. The van der Waals surface area contributed by atoms with Crippen LogP contribution in [0.5, 0.6) is 0 Å². The first-order chi connectivity index (χ1) is 15.9. The highest BCUT2D eigenvalue weighted by Crippen LogP contribution is 2.41. The SMILES string of the molecule is Cc1c(C(=O)N[C@H](c2cccc(F)c2)C2CC2)c2cccc(F)c2c(=O)n1Cc1ncc[nH]1. The van der Waals surface area contributed by atoms with Crippen LogP contribution in [0.15, 0.2) is 59.7 Å². The zero-order valence-corrected chi connectivity index (χ0v) is 17.9. The Hall–Kier alpha value is -3.81.